The number of benzene rings is 2. The summed E-state index contributed by atoms with van der Waals surface area (Å²) in [6, 6.07) is 14.4. The number of hydrogen-bond donors (Lipinski definition) is 1. The number of Topliss-reactive ketones (excluding diaryl/α,β-unsaturated/α-hetero) is 1. The molecule has 5 nitrogen and oxygen atoms in total. The van der Waals surface area contributed by atoms with Crippen LogP contribution in [0.1, 0.15) is 33.2 Å². The molecule has 1 heterocycles. The number of halogens is 1. The Morgan fingerprint density at radius 2 is 1.84 bits per heavy atom. The van der Waals surface area contributed by atoms with Crippen molar-refractivity contribution in [3.8, 4) is 0 Å². The van der Waals surface area contributed by atoms with Gasteiger partial charge in [-0.25, -0.2) is 0 Å². The molecule has 0 unspecified atom stereocenters. The van der Waals surface area contributed by atoms with Crippen LogP contribution in [0.15, 0.2) is 60.9 Å². The molecule has 0 spiro atoms. The number of hydrogen-bond acceptors (Lipinski definition) is 3. The minimum absolute atomic E-state index is 0.106. The number of nitrogens with one attached hydrogen (secondary N) is 1. The monoisotopic (exact) mass is 353 g/mol. The topological polar surface area (TPSA) is 64.0 Å². The lowest BCUT2D eigenvalue weighted by Gasteiger charge is -2.07. The third kappa shape index (κ3) is 3.95. The maximum absolute atomic E-state index is 12.4. The summed E-state index contributed by atoms with van der Waals surface area (Å²) in [5.41, 5.74) is 2.28. The molecule has 0 aliphatic rings. The zero-order valence-corrected chi connectivity index (χ0v) is 14.3. The number of ketones is 1. The average Bonchev–Trinajstić information content (AvgIpc) is 3.06. The summed E-state index contributed by atoms with van der Waals surface area (Å²) in [7, 11) is 0. The minimum atomic E-state index is -0.320. The standard InChI is InChI=1S/C19H16ClN3O2/c1-13(24)16-7-3-5-9-18(16)22-19(25)15-10-21-23(12-15)11-14-6-2-4-8-17(14)20/h2-10,12H,11H2,1H3,(H,22,25). The maximum atomic E-state index is 12.4. The first-order valence-electron chi connectivity index (χ1n) is 7.72. The molecule has 0 saturated heterocycles. The molecule has 126 valence electrons. The zero-order valence-electron chi connectivity index (χ0n) is 13.6. The van der Waals surface area contributed by atoms with Gasteiger partial charge in [0.05, 0.1) is 24.0 Å². The largest absolute Gasteiger partial charge is 0.321 e. The Morgan fingerprint density at radius 3 is 2.60 bits per heavy atom. The van der Waals surface area contributed by atoms with Gasteiger partial charge in [-0.3, -0.25) is 14.3 Å². The van der Waals surface area contributed by atoms with Gasteiger partial charge >= 0.3 is 0 Å². The third-order valence-electron chi connectivity index (χ3n) is 3.74. The van der Waals surface area contributed by atoms with Crippen molar-refractivity contribution in [2.75, 3.05) is 5.32 Å². The van der Waals surface area contributed by atoms with Gasteiger partial charge in [0, 0.05) is 16.8 Å². The van der Waals surface area contributed by atoms with Gasteiger partial charge < -0.3 is 5.32 Å². The molecule has 1 aromatic heterocycles. The Bertz CT molecular complexity index is 934. The van der Waals surface area contributed by atoms with E-state index in [4.69, 9.17) is 11.6 Å². The SMILES string of the molecule is CC(=O)c1ccccc1NC(=O)c1cnn(Cc2ccccc2Cl)c1. The van der Waals surface area contributed by atoms with Crippen LogP contribution in [-0.2, 0) is 6.54 Å². The van der Waals surface area contributed by atoms with Gasteiger partial charge in [-0.15, -0.1) is 0 Å². The molecule has 0 saturated carbocycles. The third-order valence-corrected chi connectivity index (χ3v) is 4.11. The summed E-state index contributed by atoms with van der Waals surface area (Å²) in [6.45, 7) is 1.93. The number of rotatable bonds is 5. The Labute approximate surface area is 150 Å². The normalized spacial score (nSPS) is 10.5. The van der Waals surface area contributed by atoms with E-state index in [1.165, 1.54) is 13.1 Å². The van der Waals surface area contributed by atoms with Gasteiger partial charge in [0.15, 0.2) is 5.78 Å². The first kappa shape index (κ1) is 16.9. The number of anilines is 1. The van der Waals surface area contributed by atoms with Gasteiger partial charge in [0.2, 0.25) is 0 Å². The van der Waals surface area contributed by atoms with Crippen molar-refractivity contribution >= 4 is 29.0 Å². The van der Waals surface area contributed by atoms with E-state index in [2.05, 4.69) is 10.4 Å². The van der Waals surface area contributed by atoms with E-state index in [9.17, 15) is 9.59 Å². The van der Waals surface area contributed by atoms with Crippen LogP contribution in [0.4, 0.5) is 5.69 Å². The zero-order chi connectivity index (χ0) is 17.8. The Morgan fingerprint density at radius 1 is 1.12 bits per heavy atom. The van der Waals surface area contributed by atoms with Gasteiger partial charge in [-0.1, -0.05) is 41.9 Å². The van der Waals surface area contributed by atoms with Crippen molar-refractivity contribution in [3.63, 3.8) is 0 Å². The molecule has 0 atom stereocenters. The molecule has 0 fully saturated rings. The number of carbonyl (C=O) groups excluding carboxylic acids is 2. The summed E-state index contributed by atoms with van der Waals surface area (Å²) >= 11 is 6.15. The number of para-hydroxylation sites is 1. The van der Waals surface area contributed by atoms with E-state index in [-0.39, 0.29) is 11.7 Å². The van der Waals surface area contributed by atoms with Crippen molar-refractivity contribution in [1.29, 1.82) is 0 Å². The van der Waals surface area contributed by atoms with Crippen LogP contribution in [0.3, 0.4) is 0 Å². The van der Waals surface area contributed by atoms with Crippen molar-refractivity contribution in [1.82, 2.24) is 9.78 Å². The quantitative estimate of drug-likeness (QED) is 0.704. The van der Waals surface area contributed by atoms with Gasteiger partial charge in [-0.2, -0.15) is 5.10 Å². The van der Waals surface area contributed by atoms with Crippen molar-refractivity contribution in [2.24, 2.45) is 0 Å². The summed E-state index contributed by atoms with van der Waals surface area (Å²) in [5.74, 6) is -0.426. The van der Waals surface area contributed by atoms with Crippen LogP contribution >= 0.6 is 11.6 Å². The van der Waals surface area contributed by atoms with E-state index in [1.807, 2.05) is 24.3 Å². The summed E-state index contributed by atoms with van der Waals surface area (Å²) < 4.78 is 1.65. The van der Waals surface area contributed by atoms with E-state index >= 15 is 0 Å². The molecule has 1 amide bonds. The molecule has 3 aromatic rings. The summed E-state index contributed by atoms with van der Waals surface area (Å²) in [4.78, 5) is 24.1. The Hall–Kier alpha value is -2.92. The molecule has 0 aliphatic carbocycles. The highest BCUT2D eigenvalue weighted by Crippen LogP contribution is 2.18. The number of nitrogens with zero attached hydrogens (tertiary/aromatic N) is 2. The molecule has 0 bridgehead atoms. The molecule has 2 aromatic carbocycles. The Balaban J connectivity index is 1.75. The van der Waals surface area contributed by atoms with E-state index in [0.717, 1.165) is 5.56 Å². The van der Waals surface area contributed by atoms with Crippen LogP contribution in [0, 0.1) is 0 Å². The summed E-state index contributed by atoms with van der Waals surface area (Å²) in [5, 5.41) is 7.61. The molecular weight excluding hydrogens is 338 g/mol. The molecule has 0 aliphatic heterocycles. The molecular formula is C19H16ClN3O2. The predicted octanol–water partition coefficient (Wildman–Crippen LogP) is 4.04. The highest BCUT2D eigenvalue weighted by Gasteiger charge is 2.13. The number of aromatic nitrogens is 2. The second-order valence-electron chi connectivity index (χ2n) is 5.57. The van der Waals surface area contributed by atoms with E-state index in [1.54, 1.807) is 35.1 Å². The second-order valence-corrected chi connectivity index (χ2v) is 5.98. The lowest BCUT2D eigenvalue weighted by atomic mass is 10.1. The van der Waals surface area contributed by atoms with Gasteiger partial charge in [0.25, 0.3) is 5.91 Å². The van der Waals surface area contributed by atoms with Crippen molar-refractivity contribution in [3.05, 3.63) is 82.6 Å². The first-order valence-corrected chi connectivity index (χ1v) is 8.09. The fourth-order valence-corrected chi connectivity index (χ4v) is 2.66. The van der Waals surface area contributed by atoms with Crippen LogP contribution in [0.5, 0.6) is 0 Å². The first-order chi connectivity index (χ1) is 12.0. The van der Waals surface area contributed by atoms with Gasteiger partial charge in [-0.05, 0) is 30.7 Å². The lowest BCUT2D eigenvalue weighted by Crippen LogP contribution is -2.13. The highest BCUT2D eigenvalue weighted by atomic mass is 35.5. The van der Waals surface area contributed by atoms with Crippen LogP contribution in [0.2, 0.25) is 5.02 Å². The minimum Gasteiger partial charge on any atom is -0.321 e. The molecule has 1 N–H and O–H groups in total. The fourth-order valence-electron chi connectivity index (χ4n) is 2.46. The average molecular weight is 354 g/mol. The Kier molecular flexibility index (Phi) is 4.95. The van der Waals surface area contributed by atoms with Crippen LogP contribution in [0.25, 0.3) is 0 Å². The smallest absolute Gasteiger partial charge is 0.258 e. The highest BCUT2D eigenvalue weighted by molar-refractivity contribution is 6.31. The van der Waals surface area contributed by atoms with Crippen LogP contribution < -0.4 is 5.32 Å². The number of amides is 1. The molecule has 6 heteroatoms. The molecule has 0 radical (unpaired) electrons. The van der Waals surface area contributed by atoms with Crippen LogP contribution in [-0.4, -0.2) is 21.5 Å². The predicted molar refractivity (Wildman–Crippen MR) is 97.2 cm³/mol. The fraction of sp³-hybridized carbons (Fsp3) is 0.105. The summed E-state index contributed by atoms with van der Waals surface area (Å²) in [6.07, 6.45) is 3.14. The van der Waals surface area contributed by atoms with Crippen molar-refractivity contribution < 1.29 is 9.59 Å². The second kappa shape index (κ2) is 7.32. The maximum Gasteiger partial charge on any atom is 0.258 e. The molecule has 3 rings (SSSR count). The number of carbonyl (C=O) groups is 2. The lowest BCUT2D eigenvalue weighted by molar-refractivity contribution is 0.101. The van der Waals surface area contributed by atoms with Crippen molar-refractivity contribution in [2.45, 2.75) is 13.5 Å². The van der Waals surface area contributed by atoms with E-state index in [0.29, 0.717) is 28.4 Å². The van der Waals surface area contributed by atoms with Gasteiger partial charge in [0.1, 0.15) is 0 Å². The molecule has 25 heavy (non-hydrogen) atoms. The van der Waals surface area contributed by atoms with E-state index < -0.39 is 0 Å².